The zero-order chi connectivity index (χ0) is 17.3. The van der Waals surface area contributed by atoms with Gasteiger partial charge in [0.25, 0.3) is 0 Å². The third kappa shape index (κ3) is 4.43. The van der Waals surface area contributed by atoms with E-state index in [1.54, 1.807) is 6.08 Å². The van der Waals surface area contributed by atoms with E-state index >= 15 is 0 Å². The van der Waals surface area contributed by atoms with Gasteiger partial charge >= 0.3 is 0 Å². The van der Waals surface area contributed by atoms with Crippen LogP contribution in [0.2, 0.25) is 0 Å². The number of rotatable bonds is 2. The van der Waals surface area contributed by atoms with Crippen molar-refractivity contribution < 1.29 is 4.79 Å². The lowest BCUT2D eigenvalue weighted by Crippen LogP contribution is -2.44. The van der Waals surface area contributed by atoms with Gasteiger partial charge in [0.2, 0.25) is 5.91 Å². The summed E-state index contributed by atoms with van der Waals surface area (Å²) in [5.41, 5.74) is 6.29. The molecule has 0 radical (unpaired) electrons. The third-order valence-electron chi connectivity index (χ3n) is 4.33. The summed E-state index contributed by atoms with van der Waals surface area (Å²) in [5, 5.41) is 6.48. The molecule has 4 heteroatoms. The molecule has 0 unspecified atom stereocenters. The molecule has 2 aromatic carbocycles. The first kappa shape index (κ1) is 19.1. The largest absolute Gasteiger partial charge is 0.379 e. The van der Waals surface area contributed by atoms with Crippen LogP contribution in [0.15, 0.2) is 48.5 Å². The van der Waals surface area contributed by atoms with Gasteiger partial charge in [-0.2, -0.15) is 0 Å². The number of amides is 1. The molecule has 1 amide bonds. The van der Waals surface area contributed by atoms with Gasteiger partial charge in [0.15, 0.2) is 0 Å². The van der Waals surface area contributed by atoms with Gasteiger partial charge in [-0.05, 0) is 51.3 Å². The first-order valence-electron chi connectivity index (χ1n) is 8.30. The van der Waals surface area contributed by atoms with Crippen molar-refractivity contribution in [2.45, 2.75) is 39.7 Å². The molecule has 1 aliphatic heterocycles. The smallest absolute Gasteiger partial charge is 0.250 e. The number of nitrogens with one attached hydrogen (secondary N) is 2. The van der Waals surface area contributed by atoms with Gasteiger partial charge in [-0.25, -0.2) is 0 Å². The summed E-state index contributed by atoms with van der Waals surface area (Å²) in [4.78, 5) is 12.5. The predicted molar refractivity (Wildman–Crippen MR) is 107 cm³/mol. The Kier molecular flexibility index (Phi) is 5.58. The second-order valence-electron chi connectivity index (χ2n) is 7.21. The van der Waals surface area contributed by atoms with E-state index in [1.807, 2.05) is 38.1 Å². The number of anilines is 1. The van der Waals surface area contributed by atoms with Crippen LogP contribution in [0, 0.1) is 13.8 Å². The molecule has 25 heavy (non-hydrogen) atoms. The normalized spacial score (nSPS) is 16.4. The maximum absolute atomic E-state index is 12.5. The standard InChI is InChI=1S/C21H24N2O.ClH/c1-14-9-10-18(15(2)11-14)22-20(24)12-19-17-8-6-5-7-16(17)13-21(3,4)23-19;/h5-12,23H,13H2,1-4H3,(H,22,24);1H/b19-12+;. The van der Waals surface area contributed by atoms with Crippen LogP contribution in [-0.2, 0) is 11.2 Å². The molecule has 3 rings (SSSR count). The number of benzene rings is 2. The molecule has 132 valence electrons. The predicted octanol–water partition coefficient (Wildman–Crippen LogP) is 4.63. The number of halogens is 1. The van der Waals surface area contributed by atoms with Gasteiger partial charge in [0.05, 0.1) is 0 Å². The summed E-state index contributed by atoms with van der Waals surface area (Å²) in [6.07, 6.45) is 2.61. The van der Waals surface area contributed by atoms with Crippen LogP contribution >= 0.6 is 12.4 Å². The minimum Gasteiger partial charge on any atom is -0.379 e. The topological polar surface area (TPSA) is 41.1 Å². The summed E-state index contributed by atoms with van der Waals surface area (Å²) in [7, 11) is 0. The van der Waals surface area contributed by atoms with E-state index in [4.69, 9.17) is 0 Å². The average Bonchev–Trinajstić information content (AvgIpc) is 2.49. The van der Waals surface area contributed by atoms with E-state index in [0.29, 0.717) is 0 Å². The minimum atomic E-state index is -0.114. The van der Waals surface area contributed by atoms with Crippen LogP contribution in [0.4, 0.5) is 5.69 Å². The Morgan fingerprint density at radius 3 is 2.60 bits per heavy atom. The van der Waals surface area contributed by atoms with E-state index in [9.17, 15) is 4.79 Å². The Bertz CT molecular complexity index is 824. The fraction of sp³-hybridized carbons (Fsp3) is 0.286. The second kappa shape index (κ2) is 7.32. The third-order valence-corrected chi connectivity index (χ3v) is 4.33. The van der Waals surface area contributed by atoms with E-state index in [1.165, 1.54) is 11.1 Å². The van der Waals surface area contributed by atoms with Gasteiger partial charge < -0.3 is 10.6 Å². The van der Waals surface area contributed by atoms with Crippen molar-refractivity contribution >= 4 is 29.7 Å². The highest BCUT2D eigenvalue weighted by Gasteiger charge is 2.27. The Hall–Kier alpha value is -2.26. The lowest BCUT2D eigenvalue weighted by molar-refractivity contribution is -0.111. The Labute approximate surface area is 155 Å². The molecule has 0 bridgehead atoms. The number of carbonyl (C=O) groups excluding carboxylic acids is 1. The summed E-state index contributed by atoms with van der Waals surface area (Å²) in [6.45, 7) is 8.36. The quantitative estimate of drug-likeness (QED) is 0.770. The van der Waals surface area contributed by atoms with Crippen LogP contribution in [0.1, 0.15) is 36.1 Å². The Morgan fingerprint density at radius 2 is 1.88 bits per heavy atom. The summed E-state index contributed by atoms with van der Waals surface area (Å²) >= 11 is 0. The van der Waals surface area contributed by atoms with Gasteiger partial charge in [-0.3, -0.25) is 4.79 Å². The van der Waals surface area contributed by atoms with Crippen molar-refractivity contribution in [3.8, 4) is 0 Å². The monoisotopic (exact) mass is 356 g/mol. The fourth-order valence-electron chi connectivity index (χ4n) is 3.26. The van der Waals surface area contributed by atoms with Crippen molar-refractivity contribution in [3.63, 3.8) is 0 Å². The van der Waals surface area contributed by atoms with Crippen LogP contribution < -0.4 is 10.6 Å². The Morgan fingerprint density at radius 1 is 1.16 bits per heavy atom. The lowest BCUT2D eigenvalue weighted by atomic mass is 9.86. The maximum Gasteiger partial charge on any atom is 0.250 e. The zero-order valence-corrected chi connectivity index (χ0v) is 16.0. The van der Waals surface area contributed by atoms with Gasteiger partial charge in [0, 0.05) is 28.6 Å². The van der Waals surface area contributed by atoms with Crippen LogP contribution in [0.5, 0.6) is 0 Å². The van der Waals surface area contributed by atoms with Crippen LogP contribution in [-0.4, -0.2) is 11.4 Å². The Balaban J connectivity index is 0.00000225. The molecule has 1 aliphatic rings. The van der Waals surface area contributed by atoms with Crippen LogP contribution in [0.25, 0.3) is 5.70 Å². The minimum absolute atomic E-state index is 0. The molecule has 0 atom stereocenters. The molecule has 3 nitrogen and oxygen atoms in total. The highest BCUT2D eigenvalue weighted by molar-refractivity contribution is 6.04. The SMILES string of the molecule is Cc1ccc(NC(=O)/C=C2/NC(C)(C)Cc3ccccc32)c(C)c1.Cl. The molecular formula is C21H25ClN2O. The average molecular weight is 357 g/mol. The number of carbonyl (C=O) groups is 1. The van der Waals surface area contributed by atoms with E-state index < -0.39 is 0 Å². The molecule has 2 N–H and O–H groups in total. The summed E-state index contributed by atoms with van der Waals surface area (Å²) in [5.74, 6) is -0.114. The van der Waals surface area contributed by atoms with Crippen LogP contribution in [0.3, 0.4) is 0 Å². The highest BCUT2D eigenvalue weighted by atomic mass is 35.5. The molecule has 0 fully saturated rings. The maximum atomic E-state index is 12.5. The molecule has 1 heterocycles. The van der Waals surface area contributed by atoms with Gasteiger partial charge in [-0.15, -0.1) is 12.4 Å². The van der Waals surface area contributed by atoms with Crippen molar-refractivity contribution in [1.82, 2.24) is 5.32 Å². The first-order valence-corrected chi connectivity index (χ1v) is 8.30. The van der Waals surface area contributed by atoms with Gasteiger partial charge in [-0.1, -0.05) is 42.0 Å². The van der Waals surface area contributed by atoms with Gasteiger partial charge in [0.1, 0.15) is 0 Å². The van der Waals surface area contributed by atoms with E-state index in [0.717, 1.165) is 28.9 Å². The number of hydrogen-bond donors (Lipinski definition) is 2. The molecular weight excluding hydrogens is 332 g/mol. The number of hydrogen-bond acceptors (Lipinski definition) is 2. The summed E-state index contributed by atoms with van der Waals surface area (Å²) < 4.78 is 0. The second-order valence-corrected chi connectivity index (χ2v) is 7.21. The van der Waals surface area contributed by atoms with E-state index in [2.05, 4.69) is 42.7 Å². The fourth-order valence-corrected chi connectivity index (χ4v) is 3.26. The van der Waals surface area contributed by atoms with E-state index in [-0.39, 0.29) is 23.9 Å². The molecule has 0 aliphatic carbocycles. The van der Waals surface area contributed by atoms with Crippen molar-refractivity contribution in [1.29, 1.82) is 0 Å². The lowest BCUT2D eigenvalue weighted by Gasteiger charge is -2.35. The zero-order valence-electron chi connectivity index (χ0n) is 15.1. The number of fused-ring (bicyclic) bond motifs is 1. The molecule has 0 saturated carbocycles. The molecule has 2 aromatic rings. The van der Waals surface area contributed by atoms with Crippen molar-refractivity contribution in [2.24, 2.45) is 0 Å². The number of aryl methyl sites for hydroxylation is 2. The molecule has 0 spiro atoms. The van der Waals surface area contributed by atoms with Crippen molar-refractivity contribution in [2.75, 3.05) is 5.32 Å². The van der Waals surface area contributed by atoms with Crippen molar-refractivity contribution in [3.05, 3.63) is 70.8 Å². The highest BCUT2D eigenvalue weighted by Crippen LogP contribution is 2.29. The molecule has 0 aromatic heterocycles. The first-order chi connectivity index (χ1) is 11.3. The molecule has 0 saturated heterocycles. The summed E-state index contributed by atoms with van der Waals surface area (Å²) in [6, 6.07) is 14.3.